The van der Waals surface area contributed by atoms with Gasteiger partial charge in [-0.05, 0) is 85.0 Å². The third-order valence-corrected chi connectivity index (χ3v) is 6.11. The van der Waals surface area contributed by atoms with Crippen molar-refractivity contribution in [3.8, 4) is 17.2 Å². The van der Waals surface area contributed by atoms with Crippen molar-refractivity contribution < 1.29 is 9.47 Å². The molecule has 2 aromatic carbocycles. The highest BCUT2D eigenvalue weighted by molar-refractivity contribution is 7.80. The van der Waals surface area contributed by atoms with Crippen molar-refractivity contribution >= 4 is 23.0 Å². The summed E-state index contributed by atoms with van der Waals surface area (Å²) >= 11 is 5.79. The number of hydrogen-bond donors (Lipinski definition) is 1. The van der Waals surface area contributed by atoms with E-state index in [9.17, 15) is 0 Å². The maximum absolute atomic E-state index is 5.99. The summed E-state index contributed by atoms with van der Waals surface area (Å²) in [6.45, 7) is 0. The molecule has 3 heterocycles. The van der Waals surface area contributed by atoms with Gasteiger partial charge in [0.05, 0.1) is 18.8 Å². The molecule has 0 bridgehead atoms. The van der Waals surface area contributed by atoms with Crippen LogP contribution in [-0.2, 0) is 7.05 Å². The van der Waals surface area contributed by atoms with Crippen molar-refractivity contribution in [3.63, 3.8) is 0 Å². The van der Waals surface area contributed by atoms with Gasteiger partial charge in [-0.3, -0.25) is 4.98 Å². The normalized spacial score (nSPS) is 17.6. The van der Waals surface area contributed by atoms with Crippen LogP contribution in [0.2, 0.25) is 0 Å². The van der Waals surface area contributed by atoms with Crippen LogP contribution in [0.25, 0.3) is 0 Å². The topological polar surface area (TPSA) is 51.6 Å². The van der Waals surface area contributed by atoms with Gasteiger partial charge in [0.1, 0.15) is 23.3 Å². The molecule has 0 amide bonds. The minimum atomic E-state index is -0.0671. The second-order valence-electron chi connectivity index (χ2n) is 7.81. The monoisotopic (exact) mass is 456 g/mol. The Hall–Kier alpha value is -3.84. The van der Waals surface area contributed by atoms with Gasteiger partial charge in [0.2, 0.25) is 0 Å². The highest BCUT2D eigenvalue weighted by Crippen LogP contribution is 2.41. The average molecular weight is 457 g/mol. The standard InChI is InChI=1S/C26H24N4O2S/c1-29-17-5-7-23(29)25-24(22-6-3-4-16-27-22)28-26(33)30(25)18-8-10-20(11-9-18)32-21-14-12-19(31-2)13-15-21/h3-17,24-25H,1-2H3,(H,28,33)/t24-,25-/m1/s1. The maximum atomic E-state index is 5.99. The van der Waals surface area contributed by atoms with Crippen LogP contribution in [0.1, 0.15) is 23.5 Å². The number of nitrogens with one attached hydrogen (secondary N) is 1. The van der Waals surface area contributed by atoms with Crippen molar-refractivity contribution in [3.05, 3.63) is 103 Å². The molecule has 1 aliphatic heterocycles. The summed E-state index contributed by atoms with van der Waals surface area (Å²) in [6.07, 6.45) is 3.87. The lowest BCUT2D eigenvalue weighted by atomic mass is 10.0. The smallest absolute Gasteiger partial charge is 0.174 e. The van der Waals surface area contributed by atoms with Gasteiger partial charge in [-0.1, -0.05) is 6.07 Å². The fourth-order valence-corrected chi connectivity index (χ4v) is 4.52. The molecule has 0 saturated carbocycles. The minimum absolute atomic E-state index is 0.0410. The Morgan fingerprint density at radius 2 is 1.58 bits per heavy atom. The lowest BCUT2D eigenvalue weighted by Gasteiger charge is -2.28. The van der Waals surface area contributed by atoms with Crippen LogP contribution in [0, 0.1) is 0 Å². The summed E-state index contributed by atoms with van der Waals surface area (Å²) in [5.41, 5.74) is 3.09. The Morgan fingerprint density at radius 1 is 0.879 bits per heavy atom. The molecule has 33 heavy (non-hydrogen) atoms. The van der Waals surface area contributed by atoms with E-state index < -0.39 is 0 Å². The first kappa shape index (κ1) is 21.0. The van der Waals surface area contributed by atoms with Crippen molar-refractivity contribution in [2.24, 2.45) is 7.05 Å². The fourth-order valence-electron chi connectivity index (χ4n) is 4.17. The lowest BCUT2D eigenvalue weighted by Crippen LogP contribution is -2.30. The number of nitrogens with zero attached hydrogens (tertiary/aromatic N) is 3. The number of anilines is 1. The summed E-state index contributed by atoms with van der Waals surface area (Å²) in [7, 11) is 3.70. The third-order valence-electron chi connectivity index (χ3n) is 5.80. The highest BCUT2D eigenvalue weighted by atomic mass is 32.1. The number of ether oxygens (including phenoxy) is 2. The molecule has 1 aliphatic rings. The van der Waals surface area contributed by atoms with E-state index in [1.54, 1.807) is 7.11 Å². The number of hydrogen-bond acceptors (Lipinski definition) is 4. The molecule has 1 N–H and O–H groups in total. The van der Waals surface area contributed by atoms with E-state index >= 15 is 0 Å². The molecule has 7 heteroatoms. The Bertz CT molecular complexity index is 1240. The van der Waals surface area contributed by atoms with Gasteiger partial charge in [0.25, 0.3) is 0 Å². The van der Waals surface area contributed by atoms with Crippen LogP contribution >= 0.6 is 12.2 Å². The van der Waals surface area contributed by atoms with Crippen LogP contribution in [0.15, 0.2) is 91.3 Å². The molecule has 166 valence electrons. The van der Waals surface area contributed by atoms with Crippen molar-refractivity contribution in [1.82, 2.24) is 14.9 Å². The molecule has 1 fully saturated rings. The number of pyridine rings is 1. The molecule has 4 aromatic rings. The molecule has 6 nitrogen and oxygen atoms in total. The van der Waals surface area contributed by atoms with Crippen LogP contribution in [0.3, 0.4) is 0 Å². The van der Waals surface area contributed by atoms with Gasteiger partial charge in [-0.2, -0.15) is 0 Å². The van der Waals surface area contributed by atoms with Gasteiger partial charge in [0, 0.05) is 30.8 Å². The van der Waals surface area contributed by atoms with E-state index in [4.69, 9.17) is 21.7 Å². The molecular formula is C26H24N4O2S. The minimum Gasteiger partial charge on any atom is -0.497 e. The first-order valence-electron chi connectivity index (χ1n) is 10.7. The van der Waals surface area contributed by atoms with Gasteiger partial charge < -0.3 is 24.3 Å². The van der Waals surface area contributed by atoms with E-state index in [1.165, 1.54) is 0 Å². The summed E-state index contributed by atoms with van der Waals surface area (Å²) in [5, 5.41) is 4.16. The Labute approximate surface area is 198 Å². The summed E-state index contributed by atoms with van der Waals surface area (Å²) < 4.78 is 13.3. The van der Waals surface area contributed by atoms with Gasteiger partial charge in [-0.25, -0.2) is 0 Å². The summed E-state index contributed by atoms with van der Waals surface area (Å²) in [6, 6.07) is 25.5. The third kappa shape index (κ3) is 4.15. The van der Waals surface area contributed by atoms with Crippen LogP contribution in [0.4, 0.5) is 5.69 Å². The highest BCUT2D eigenvalue weighted by Gasteiger charge is 2.41. The Morgan fingerprint density at radius 3 is 2.18 bits per heavy atom. The SMILES string of the molecule is COc1ccc(Oc2ccc(N3C(=S)N[C@H](c4ccccn4)[C@H]3c3cccn3C)cc2)cc1. The number of methoxy groups -OCH3 is 1. The van der Waals surface area contributed by atoms with Crippen molar-refractivity contribution in [2.75, 3.05) is 12.0 Å². The maximum Gasteiger partial charge on any atom is 0.174 e. The van der Waals surface area contributed by atoms with E-state index in [0.29, 0.717) is 5.11 Å². The number of aryl methyl sites for hydroxylation is 1. The first-order chi connectivity index (χ1) is 16.1. The van der Waals surface area contributed by atoms with Crippen LogP contribution in [0.5, 0.6) is 17.2 Å². The second kappa shape index (κ2) is 8.96. The molecule has 2 aromatic heterocycles. The van der Waals surface area contributed by atoms with E-state index in [-0.39, 0.29) is 12.1 Å². The quantitative estimate of drug-likeness (QED) is 0.392. The molecular weight excluding hydrogens is 432 g/mol. The zero-order valence-corrected chi connectivity index (χ0v) is 19.2. The van der Waals surface area contributed by atoms with E-state index in [2.05, 4.69) is 45.1 Å². The summed E-state index contributed by atoms with van der Waals surface area (Å²) in [5.74, 6) is 2.29. The van der Waals surface area contributed by atoms with Crippen molar-refractivity contribution in [1.29, 1.82) is 0 Å². The van der Waals surface area contributed by atoms with E-state index in [0.717, 1.165) is 34.3 Å². The largest absolute Gasteiger partial charge is 0.497 e. The molecule has 0 aliphatic carbocycles. The van der Waals surface area contributed by atoms with Crippen molar-refractivity contribution in [2.45, 2.75) is 12.1 Å². The van der Waals surface area contributed by atoms with Gasteiger partial charge in [-0.15, -0.1) is 0 Å². The predicted molar refractivity (Wildman–Crippen MR) is 133 cm³/mol. The zero-order chi connectivity index (χ0) is 22.8. The average Bonchev–Trinajstić information content (AvgIpc) is 3.43. The fraction of sp³-hybridized carbons (Fsp3) is 0.154. The zero-order valence-electron chi connectivity index (χ0n) is 18.4. The molecule has 0 unspecified atom stereocenters. The number of rotatable bonds is 6. The lowest BCUT2D eigenvalue weighted by molar-refractivity contribution is 0.413. The van der Waals surface area contributed by atoms with E-state index in [1.807, 2.05) is 72.9 Å². The molecule has 5 rings (SSSR count). The Balaban J connectivity index is 1.45. The molecule has 1 saturated heterocycles. The molecule has 0 spiro atoms. The number of aromatic nitrogens is 2. The number of thiocarbonyl (C=S) groups is 1. The molecule has 2 atom stereocenters. The Kier molecular flexibility index (Phi) is 5.71. The van der Waals surface area contributed by atoms with Gasteiger partial charge in [0.15, 0.2) is 5.11 Å². The number of benzene rings is 2. The predicted octanol–water partition coefficient (Wildman–Crippen LogP) is 5.40. The van der Waals surface area contributed by atoms with Crippen LogP contribution in [-0.4, -0.2) is 21.8 Å². The van der Waals surface area contributed by atoms with Crippen LogP contribution < -0.4 is 19.7 Å². The second-order valence-corrected chi connectivity index (χ2v) is 8.20. The first-order valence-corrected chi connectivity index (χ1v) is 11.1. The van der Waals surface area contributed by atoms with Gasteiger partial charge >= 0.3 is 0 Å². The summed E-state index contributed by atoms with van der Waals surface area (Å²) in [4.78, 5) is 6.75. The molecule has 0 radical (unpaired) electrons.